The van der Waals surface area contributed by atoms with Crippen molar-refractivity contribution in [2.45, 2.75) is 46.6 Å². The maximum Gasteiger partial charge on any atom is 0.106 e. The van der Waals surface area contributed by atoms with Crippen LogP contribution >= 0.6 is 0 Å². The number of nitrogens with two attached hydrogens (primary N) is 1. The van der Waals surface area contributed by atoms with Crippen molar-refractivity contribution < 1.29 is 4.42 Å². The van der Waals surface area contributed by atoms with Gasteiger partial charge in [0.05, 0.1) is 6.04 Å². The maximum atomic E-state index is 6.40. The Kier molecular flexibility index (Phi) is 3.81. The van der Waals surface area contributed by atoms with E-state index in [1.54, 1.807) is 0 Å². The van der Waals surface area contributed by atoms with Gasteiger partial charge in [0.1, 0.15) is 11.5 Å². The number of hydrogen-bond donors (Lipinski definition) is 1. The minimum atomic E-state index is -0.112. The van der Waals surface area contributed by atoms with E-state index >= 15 is 0 Å². The first-order chi connectivity index (χ1) is 8.91. The minimum Gasteiger partial charge on any atom is -0.466 e. The molecular weight excluding hydrogens is 234 g/mol. The van der Waals surface area contributed by atoms with Crippen molar-refractivity contribution in [1.82, 2.24) is 0 Å². The molecule has 1 atom stereocenters. The van der Waals surface area contributed by atoms with E-state index in [1.165, 1.54) is 5.56 Å². The van der Waals surface area contributed by atoms with Crippen molar-refractivity contribution in [3.8, 4) is 0 Å². The molecule has 0 aliphatic heterocycles. The summed E-state index contributed by atoms with van der Waals surface area (Å²) in [5.74, 6) is 2.43. The molecule has 1 aromatic carbocycles. The average Bonchev–Trinajstić information content (AvgIpc) is 2.62. The summed E-state index contributed by atoms with van der Waals surface area (Å²) < 4.78 is 5.67. The number of aryl methyl sites for hydroxylation is 2. The molecule has 2 aromatic rings. The largest absolute Gasteiger partial charge is 0.466 e. The molecule has 2 heteroatoms. The number of furan rings is 1. The third-order valence-electron chi connectivity index (χ3n) is 3.89. The molecule has 2 nitrogen and oxygen atoms in total. The molecule has 0 aliphatic carbocycles. The lowest BCUT2D eigenvalue weighted by Crippen LogP contribution is -2.13. The molecule has 19 heavy (non-hydrogen) atoms. The van der Waals surface area contributed by atoms with Crippen LogP contribution in [0.3, 0.4) is 0 Å². The molecule has 2 rings (SSSR count). The lowest BCUT2D eigenvalue weighted by molar-refractivity contribution is 0.498. The maximum absolute atomic E-state index is 6.40. The van der Waals surface area contributed by atoms with Gasteiger partial charge in [0.25, 0.3) is 0 Å². The fourth-order valence-electron chi connectivity index (χ4n) is 2.52. The van der Waals surface area contributed by atoms with Crippen LogP contribution in [0.25, 0.3) is 0 Å². The highest BCUT2D eigenvalue weighted by molar-refractivity contribution is 5.41. The average molecular weight is 257 g/mol. The Labute approximate surface area is 115 Å². The SMILES string of the molecule is Cc1oc(C)c(C(N)c2ccc(C(C)C)cc2)c1C. The fraction of sp³-hybridized carbons (Fsp3) is 0.412. The molecular formula is C17H23NO. The second-order valence-electron chi connectivity index (χ2n) is 5.55. The molecule has 0 saturated heterocycles. The number of hydrogen-bond acceptors (Lipinski definition) is 2. The third kappa shape index (κ3) is 2.59. The highest BCUT2D eigenvalue weighted by Crippen LogP contribution is 2.30. The Morgan fingerprint density at radius 3 is 1.84 bits per heavy atom. The van der Waals surface area contributed by atoms with Gasteiger partial charge in [0, 0.05) is 5.56 Å². The highest BCUT2D eigenvalue weighted by Gasteiger charge is 2.19. The molecule has 0 spiro atoms. The molecule has 0 radical (unpaired) electrons. The van der Waals surface area contributed by atoms with Gasteiger partial charge in [-0.15, -0.1) is 0 Å². The van der Waals surface area contributed by atoms with Gasteiger partial charge in [-0.2, -0.15) is 0 Å². The smallest absolute Gasteiger partial charge is 0.106 e. The summed E-state index contributed by atoms with van der Waals surface area (Å²) in [4.78, 5) is 0. The Hall–Kier alpha value is -1.54. The molecule has 0 saturated carbocycles. The Morgan fingerprint density at radius 1 is 0.895 bits per heavy atom. The van der Waals surface area contributed by atoms with E-state index in [1.807, 2.05) is 13.8 Å². The highest BCUT2D eigenvalue weighted by atomic mass is 16.3. The van der Waals surface area contributed by atoms with Crippen molar-refractivity contribution in [3.63, 3.8) is 0 Å². The zero-order chi connectivity index (χ0) is 14.2. The fourth-order valence-corrected chi connectivity index (χ4v) is 2.52. The van der Waals surface area contributed by atoms with Crippen LogP contribution < -0.4 is 5.73 Å². The topological polar surface area (TPSA) is 39.2 Å². The quantitative estimate of drug-likeness (QED) is 0.886. The van der Waals surface area contributed by atoms with Crippen LogP contribution in [0.2, 0.25) is 0 Å². The van der Waals surface area contributed by atoms with E-state index in [2.05, 4.69) is 45.0 Å². The van der Waals surface area contributed by atoms with E-state index in [9.17, 15) is 0 Å². The van der Waals surface area contributed by atoms with Crippen LogP contribution in [0.4, 0.5) is 0 Å². The Balaban J connectivity index is 2.36. The predicted molar refractivity (Wildman–Crippen MR) is 79.5 cm³/mol. The van der Waals surface area contributed by atoms with E-state index in [4.69, 9.17) is 10.2 Å². The molecule has 1 heterocycles. The Morgan fingerprint density at radius 2 is 1.42 bits per heavy atom. The first-order valence-corrected chi connectivity index (χ1v) is 6.83. The monoisotopic (exact) mass is 257 g/mol. The summed E-state index contributed by atoms with van der Waals surface area (Å²) in [5.41, 5.74) is 11.2. The van der Waals surface area contributed by atoms with E-state index in [0.29, 0.717) is 5.92 Å². The molecule has 0 aliphatic rings. The number of benzene rings is 1. The van der Waals surface area contributed by atoms with Crippen LogP contribution in [0.15, 0.2) is 28.7 Å². The zero-order valence-corrected chi connectivity index (χ0v) is 12.4. The standard InChI is InChI=1S/C17H23NO/c1-10(2)14-6-8-15(9-7-14)17(18)16-11(3)12(4)19-13(16)5/h6-10,17H,18H2,1-5H3. The second kappa shape index (κ2) is 5.22. The van der Waals surface area contributed by atoms with Gasteiger partial charge in [-0.3, -0.25) is 0 Å². The first kappa shape index (κ1) is 13.9. The molecule has 0 bridgehead atoms. The van der Waals surface area contributed by atoms with Crippen LogP contribution in [0.5, 0.6) is 0 Å². The van der Waals surface area contributed by atoms with Crippen molar-refractivity contribution in [2.75, 3.05) is 0 Å². The number of rotatable bonds is 3. The van der Waals surface area contributed by atoms with Crippen LogP contribution in [0, 0.1) is 20.8 Å². The minimum absolute atomic E-state index is 0.112. The van der Waals surface area contributed by atoms with Gasteiger partial charge >= 0.3 is 0 Å². The zero-order valence-electron chi connectivity index (χ0n) is 12.4. The summed E-state index contributed by atoms with van der Waals surface area (Å²) in [6.45, 7) is 10.4. The van der Waals surface area contributed by atoms with Gasteiger partial charge in [0.15, 0.2) is 0 Å². The van der Waals surface area contributed by atoms with Gasteiger partial charge < -0.3 is 10.2 Å². The molecule has 0 amide bonds. The molecule has 102 valence electrons. The second-order valence-corrected chi connectivity index (χ2v) is 5.55. The summed E-state index contributed by atoms with van der Waals surface area (Å²) in [7, 11) is 0. The first-order valence-electron chi connectivity index (χ1n) is 6.83. The lowest BCUT2D eigenvalue weighted by Gasteiger charge is -2.14. The van der Waals surface area contributed by atoms with Crippen LogP contribution in [-0.4, -0.2) is 0 Å². The van der Waals surface area contributed by atoms with Crippen molar-refractivity contribution >= 4 is 0 Å². The van der Waals surface area contributed by atoms with Crippen molar-refractivity contribution in [3.05, 3.63) is 58.0 Å². The lowest BCUT2D eigenvalue weighted by atomic mass is 9.94. The van der Waals surface area contributed by atoms with E-state index in [0.717, 1.165) is 28.2 Å². The van der Waals surface area contributed by atoms with Gasteiger partial charge in [-0.1, -0.05) is 38.1 Å². The molecule has 0 fully saturated rings. The van der Waals surface area contributed by atoms with Crippen molar-refractivity contribution in [2.24, 2.45) is 5.73 Å². The van der Waals surface area contributed by atoms with Crippen LogP contribution in [-0.2, 0) is 0 Å². The summed E-state index contributed by atoms with van der Waals surface area (Å²) >= 11 is 0. The molecule has 2 N–H and O–H groups in total. The van der Waals surface area contributed by atoms with E-state index < -0.39 is 0 Å². The van der Waals surface area contributed by atoms with Gasteiger partial charge in [0.2, 0.25) is 0 Å². The molecule has 1 unspecified atom stereocenters. The Bertz CT molecular complexity index is 564. The van der Waals surface area contributed by atoms with E-state index in [-0.39, 0.29) is 6.04 Å². The predicted octanol–water partition coefficient (Wildman–Crippen LogP) is 4.38. The third-order valence-corrected chi connectivity index (χ3v) is 3.89. The summed E-state index contributed by atoms with van der Waals surface area (Å²) in [6.07, 6.45) is 0. The van der Waals surface area contributed by atoms with Gasteiger partial charge in [-0.05, 0) is 43.4 Å². The van der Waals surface area contributed by atoms with Gasteiger partial charge in [-0.25, -0.2) is 0 Å². The summed E-state index contributed by atoms with van der Waals surface area (Å²) in [6, 6.07) is 8.47. The van der Waals surface area contributed by atoms with Crippen LogP contribution in [0.1, 0.15) is 59.6 Å². The summed E-state index contributed by atoms with van der Waals surface area (Å²) in [5, 5.41) is 0. The van der Waals surface area contributed by atoms with Crippen molar-refractivity contribution in [1.29, 1.82) is 0 Å². The molecule has 1 aromatic heterocycles. The normalized spacial score (nSPS) is 13.0.